The third kappa shape index (κ3) is 4.83. The van der Waals surface area contributed by atoms with Gasteiger partial charge in [-0.15, -0.1) is 0 Å². The van der Waals surface area contributed by atoms with Crippen LogP contribution in [0.1, 0.15) is 23.9 Å². The predicted molar refractivity (Wildman–Crippen MR) is 111 cm³/mol. The largest absolute Gasteiger partial charge is 0.327 e. The van der Waals surface area contributed by atoms with Gasteiger partial charge in [-0.25, -0.2) is 19.7 Å². The summed E-state index contributed by atoms with van der Waals surface area (Å²) in [5.74, 6) is 0.114. The number of nitrogens with zero attached hydrogens (tertiary/aromatic N) is 3. The van der Waals surface area contributed by atoms with Gasteiger partial charge < -0.3 is 0 Å². The van der Waals surface area contributed by atoms with Gasteiger partial charge in [-0.2, -0.15) is 0 Å². The molecule has 1 aromatic carbocycles. The average Bonchev–Trinajstić information content (AvgIpc) is 2.66. The van der Waals surface area contributed by atoms with Crippen molar-refractivity contribution in [2.45, 2.75) is 32.2 Å². The maximum atomic E-state index is 12.2. The predicted octanol–water partition coefficient (Wildman–Crippen LogP) is 3.64. The summed E-state index contributed by atoms with van der Waals surface area (Å²) in [5, 5.41) is 5.65. The van der Waals surface area contributed by atoms with Gasteiger partial charge in [-0.05, 0) is 44.0 Å². The third-order valence-corrected chi connectivity index (χ3v) is 5.09. The van der Waals surface area contributed by atoms with Crippen molar-refractivity contribution in [1.29, 1.82) is 0 Å². The lowest BCUT2D eigenvalue weighted by molar-refractivity contribution is -0.117. The maximum absolute atomic E-state index is 12.2. The number of hydrogen-bond donors (Lipinski definition) is 2. The lowest BCUT2D eigenvalue weighted by Crippen LogP contribution is -2.36. The van der Waals surface area contributed by atoms with E-state index >= 15 is 0 Å². The molecule has 0 saturated heterocycles. The van der Waals surface area contributed by atoms with Crippen LogP contribution in [-0.4, -0.2) is 32.6 Å². The van der Waals surface area contributed by atoms with E-state index in [9.17, 15) is 9.59 Å². The fraction of sp³-hybridized carbons (Fsp3) is 0.250. The summed E-state index contributed by atoms with van der Waals surface area (Å²) in [4.78, 5) is 37.6. The van der Waals surface area contributed by atoms with Crippen LogP contribution in [-0.2, 0) is 11.2 Å². The molecule has 3 amide bonds. The molecule has 0 aliphatic heterocycles. The highest BCUT2D eigenvalue weighted by atomic mass is 32.2. The second-order valence-corrected chi connectivity index (χ2v) is 7.17. The zero-order valence-electron chi connectivity index (χ0n) is 15.9. The summed E-state index contributed by atoms with van der Waals surface area (Å²) in [6, 6.07) is 10.8. The minimum atomic E-state index is -0.597. The molecular weight excluding hydrogens is 374 g/mol. The van der Waals surface area contributed by atoms with Crippen LogP contribution in [0.25, 0.3) is 11.0 Å². The van der Waals surface area contributed by atoms with Crippen LogP contribution >= 0.6 is 11.8 Å². The van der Waals surface area contributed by atoms with E-state index in [0.29, 0.717) is 10.8 Å². The number of para-hydroxylation sites is 2. The van der Waals surface area contributed by atoms with Gasteiger partial charge in [0.25, 0.3) is 0 Å². The molecule has 0 atom stereocenters. The van der Waals surface area contributed by atoms with Crippen LogP contribution in [0.15, 0.2) is 41.4 Å². The van der Waals surface area contributed by atoms with E-state index in [2.05, 4.69) is 25.6 Å². The lowest BCUT2D eigenvalue weighted by atomic mass is 10.2. The molecule has 2 N–H and O–H groups in total. The number of rotatable bonds is 5. The number of nitrogens with one attached hydrogen (secondary N) is 2. The first kappa shape index (κ1) is 19.8. The molecule has 3 rings (SSSR count). The Kier molecular flexibility index (Phi) is 6.20. The van der Waals surface area contributed by atoms with E-state index in [1.165, 1.54) is 11.8 Å². The monoisotopic (exact) mass is 395 g/mol. The van der Waals surface area contributed by atoms with Crippen LogP contribution < -0.4 is 10.6 Å². The number of hydrogen-bond acceptors (Lipinski definition) is 6. The topological polar surface area (TPSA) is 96.9 Å². The van der Waals surface area contributed by atoms with Crippen LogP contribution in [0.3, 0.4) is 0 Å². The number of fused-ring (bicyclic) bond motifs is 1. The molecule has 0 fully saturated rings. The number of urea groups is 1. The maximum Gasteiger partial charge on any atom is 0.327 e. The summed E-state index contributed by atoms with van der Waals surface area (Å²) in [6.45, 7) is 5.67. The lowest BCUT2D eigenvalue weighted by Gasteiger charge is -2.10. The molecule has 0 spiro atoms. The van der Waals surface area contributed by atoms with Crippen molar-refractivity contribution in [3.63, 3.8) is 0 Å². The number of amides is 3. The number of carbonyl (C=O) groups excluding carboxylic acids is 2. The van der Waals surface area contributed by atoms with Crippen molar-refractivity contribution < 1.29 is 9.59 Å². The van der Waals surface area contributed by atoms with Crippen LogP contribution in [0.5, 0.6) is 0 Å². The molecule has 0 aliphatic carbocycles. The summed E-state index contributed by atoms with van der Waals surface area (Å²) in [6.07, 6.45) is 0.729. The molecule has 0 saturated carbocycles. The second kappa shape index (κ2) is 8.79. The number of anilines is 1. The van der Waals surface area contributed by atoms with Crippen molar-refractivity contribution >= 4 is 40.6 Å². The SMILES string of the molecule is CCc1ccc(C)nc1NC(=O)NC(=O)CSc1nc2ccccc2nc1C. The molecular formula is C20H21N5O2S. The van der Waals surface area contributed by atoms with E-state index in [0.717, 1.165) is 34.4 Å². The summed E-state index contributed by atoms with van der Waals surface area (Å²) >= 11 is 1.25. The van der Waals surface area contributed by atoms with Crippen molar-refractivity contribution in [3.05, 3.63) is 53.3 Å². The smallest absolute Gasteiger partial charge is 0.292 e. The normalized spacial score (nSPS) is 10.7. The molecule has 2 heterocycles. The van der Waals surface area contributed by atoms with Gasteiger partial charge >= 0.3 is 6.03 Å². The molecule has 0 unspecified atom stereocenters. The Morgan fingerprint density at radius 3 is 2.43 bits per heavy atom. The number of carbonyl (C=O) groups is 2. The molecule has 0 radical (unpaired) electrons. The zero-order valence-corrected chi connectivity index (χ0v) is 16.8. The van der Waals surface area contributed by atoms with Crippen molar-refractivity contribution in [2.24, 2.45) is 0 Å². The molecule has 0 bridgehead atoms. The van der Waals surface area contributed by atoms with Crippen molar-refractivity contribution in [2.75, 3.05) is 11.1 Å². The number of pyridine rings is 1. The number of benzene rings is 1. The van der Waals surface area contributed by atoms with Crippen molar-refractivity contribution in [1.82, 2.24) is 20.3 Å². The third-order valence-electron chi connectivity index (χ3n) is 4.03. The van der Waals surface area contributed by atoms with E-state index < -0.39 is 11.9 Å². The zero-order chi connectivity index (χ0) is 20.1. The molecule has 28 heavy (non-hydrogen) atoms. The van der Waals surface area contributed by atoms with Gasteiger partial charge in [0.15, 0.2) is 0 Å². The van der Waals surface area contributed by atoms with Gasteiger partial charge in [0.1, 0.15) is 10.8 Å². The molecule has 0 aliphatic rings. The Morgan fingerprint density at radius 2 is 1.71 bits per heavy atom. The number of aromatic nitrogens is 3. The number of imide groups is 1. The number of aryl methyl sites for hydroxylation is 3. The van der Waals surface area contributed by atoms with E-state index in [-0.39, 0.29) is 5.75 Å². The molecule has 8 heteroatoms. The molecule has 3 aromatic rings. The summed E-state index contributed by atoms with van der Waals surface area (Å²) in [5.41, 5.74) is 4.03. The molecule has 144 valence electrons. The first-order valence-corrected chi connectivity index (χ1v) is 9.88. The highest BCUT2D eigenvalue weighted by Gasteiger charge is 2.13. The Balaban J connectivity index is 1.59. The fourth-order valence-electron chi connectivity index (χ4n) is 2.62. The average molecular weight is 395 g/mol. The van der Waals surface area contributed by atoms with Crippen molar-refractivity contribution in [3.8, 4) is 0 Å². The Morgan fingerprint density at radius 1 is 1.00 bits per heavy atom. The van der Waals surface area contributed by atoms with Crippen LogP contribution in [0.2, 0.25) is 0 Å². The fourth-order valence-corrected chi connectivity index (χ4v) is 3.38. The highest BCUT2D eigenvalue weighted by Crippen LogP contribution is 2.21. The minimum Gasteiger partial charge on any atom is -0.292 e. The Bertz CT molecular complexity index is 1040. The van der Waals surface area contributed by atoms with Gasteiger partial charge in [0.2, 0.25) is 5.91 Å². The molecule has 7 nitrogen and oxygen atoms in total. The first-order chi connectivity index (χ1) is 13.5. The van der Waals surface area contributed by atoms with Gasteiger partial charge in [-0.1, -0.05) is 36.9 Å². The Hall–Kier alpha value is -3.00. The molecule has 2 aromatic heterocycles. The van der Waals surface area contributed by atoms with E-state index in [1.807, 2.05) is 57.2 Å². The van der Waals surface area contributed by atoms with E-state index in [1.54, 1.807) is 0 Å². The second-order valence-electron chi connectivity index (χ2n) is 6.21. The highest BCUT2D eigenvalue weighted by molar-refractivity contribution is 7.99. The summed E-state index contributed by atoms with van der Waals surface area (Å²) < 4.78 is 0. The standard InChI is InChI=1S/C20H21N5O2S/c1-4-14-10-9-12(2)21-18(14)25-20(27)24-17(26)11-28-19-13(3)22-15-7-5-6-8-16(15)23-19/h5-10H,4,11H2,1-3H3,(H2,21,24,25,26,27). The van der Waals surface area contributed by atoms with Crippen LogP contribution in [0, 0.1) is 13.8 Å². The Labute approximate surface area is 167 Å². The van der Waals surface area contributed by atoms with Gasteiger partial charge in [-0.3, -0.25) is 15.4 Å². The summed E-state index contributed by atoms with van der Waals surface area (Å²) in [7, 11) is 0. The first-order valence-electron chi connectivity index (χ1n) is 8.89. The van der Waals surface area contributed by atoms with Gasteiger partial charge in [0, 0.05) is 5.69 Å². The van der Waals surface area contributed by atoms with E-state index in [4.69, 9.17) is 0 Å². The minimum absolute atomic E-state index is 0.0587. The quantitative estimate of drug-likeness (QED) is 0.640. The van der Waals surface area contributed by atoms with Crippen LogP contribution in [0.4, 0.5) is 10.6 Å². The number of thioether (sulfide) groups is 1. The van der Waals surface area contributed by atoms with Gasteiger partial charge in [0.05, 0.1) is 22.5 Å².